The van der Waals surface area contributed by atoms with Crippen LogP contribution < -0.4 is 25.4 Å². The fourth-order valence-electron chi connectivity index (χ4n) is 3.13. The number of carbonyl (C=O) groups is 4. The number of fused-ring (bicyclic) bond motifs is 2. The topological polar surface area (TPSA) is 132 Å². The second-order valence-corrected chi connectivity index (χ2v) is 8.67. The van der Waals surface area contributed by atoms with Crippen molar-refractivity contribution in [2.45, 2.75) is 23.2 Å². The van der Waals surface area contributed by atoms with Gasteiger partial charge in [-0.25, -0.2) is 9.59 Å². The minimum Gasteiger partial charge on any atom is -0.486 e. The highest BCUT2D eigenvalue weighted by Crippen LogP contribution is 2.36. The highest BCUT2D eigenvalue weighted by atomic mass is 32.2. The van der Waals surface area contributed by atoms with Crippen molar-refractivity contribution >= 4 is 41.3 Å². The second-order valence-electron chi connectivity index (χ2n) is 7.29. The summed E-state index contributed by atoms with van der Waals surface area (Å²) in [4.78, 5) is 48.8. The lowest BCUT2D eigenvalue weighted by atomic mass is 10.2. The molecule has 0 radical (unpaired) electrons. The number of carbonyl (C=O) groups excluding carboxylic acids is 4. The Hall–Kier alpha value is -3.73. The predicted octanol–water partition coefficient (Wildman–Crippen LogP) is 1.94. The lowest BCUT2D eigenvalue weighted by Crippen LogP contribution is -2.46. The number of urea groups is 1. The number of imide groups is 1. The maximum Gasteiger partial charge on any atom is 0.338 e. The zero-order valence-corrected chi connectivity index (χ0v) is 18.4. The van der Waals surface area contributed by atoms with Gasteiger partial charge in [-0.15, -0.1) is 11.8 Å². The Balaban J connectivity index is 1.20. The molecule has 0 aromatic heterocycles. The van der Waals surface area contributed by atoms with Gasteiger partial charge in [0.05, 0.1) is 23.0 Å². The van der Waals surface area contributed by atoms with Crippen LogP contribution in [0.15, 0.2) is 47.4 Å². The average Bonchev–Trinajstić information content (AvgIpc) is 2.81. The summed E-state index contributed by atoms with van der Waals surface area (Å²) in [5.74, 6) is -0.489. The molecule has 11 heteroatoms. The molecule has 2 aliphatic rings. The Morgan fingerprint density at radius 1 is 1.18 bits per heavy atom. The Morgan fingerprint density at radius 2 is 1.97 bits per heavy atom. The van der Waals surface area contributed by atoms with E-state index < -0.39 is 30.6 Å². The monoisotopic (exact) mass is 471 g/mol. The van der Waals surface area contributed by atoms with Crippen LogP contribution in [0.4, 0.5) is 10.5 Å². The van der Waals surface area contributed by atoms with E-state index in [1.54, 1.807) is 31.2 Å². The third-order valence-corrected chi connectivity index (χ3v) is 5.97. The maximum absolute atomic E-state index is 12.2. The number of rotatable bonds is 5. The van der Waals surface area contributed by atoms with E-state index in [0.29, 0.717) is 17.2 Å². The van der Waals surface area contributed by atoms with Crippen molar-refractivity contribution in [2.75, 3.05) is 25.1 Å². The standard InChI is InChI=1S/C22H21N3O7S/c1-12-20(27)24-15-8-13(6-7-18(15)33-12)21(28)31-11-19(26)25-22(29)23-9-14-10-30-16-4-2-3-5-17(16)32-14/h2-8,12,14H,9-11H2,1H3,(H,24,27)(H2,23,25,26,29). The lowest BCUT2D eigenvalue weighted by Gasteiger charge is -2.26. The van der Waals surface area contributed by atoms with Gasteiger partial charge in [-0.1, -0.05) is 12.1 Å². The number of hydrogen-bond donors (Lipinski definition) is 3. The molecule has 0 aliphatic carbocycles. The first-order valence-corrected chi connectivity index (χ1v) is 11.0. The van der Waals surface area contributed by atoms with Crippen LogP contribution in [0.1, 0.15) is 17.3 Å². The first-order valence-electron chi connectivity index (χ1n) is 10.1. The number of ether oxygens (including phenoxy) is 3. The molecule has 0 spiro atoms. The predicted molar refractivity (Wildman–Crippen MR) is 119 cm³/mol. The van der Waals surface area contributed by atoms with E-state index in [1.807, 2.05) is 12.1 Å². The molecular formula is C22H21N3O7S. The third kappa shape index (κ3) is 5.55. The van der Waals surface area contributed by atoms with Crippen molar-refractivity contribution in [3.05, 3.63) is 48.0 Å². The number of benzene rings is 2. The molecule has 33 heavy (non-hydrogen) atoms. The Kier molecular flexibility index (Phi) is 6.68. The van der Waals surface area contributed by atoms with Gasteiger partial charge in [0, 0.05) is 4.90 Å². The largest absolute Gasteiger partial charge is 0.486 e. The lowest BCUT2D eigenvalue weighted by molar-refractivity contribution is -0.123. The van der Waals surface area contributed by atoms with Gasteiger partial charge in [0.2, 0.25) is 5.91 Å². The van der Waals surface area contributed by atoms with E-state index >= 15 is 0 Å². The van der Waals surface area contributed by atoms with Crippen molar-refractivity contribution in [1.82, 2.24) is 10.6 Å². The van der Waals surface area contributed by atoms with Crippen molar-refractivity contribution in [2.24, 2.45) is 0 Å². The normalized spacial score (nSPS) is 18.4. The fraction of sp³-hybridized carbons (Fsp3) is 0.273. The zero-order chi connectivity index (χ0) is 23.4. The van der Waals surface area contributed by atoms with Gasteiger partial charge < -0.3 is 24.8 Å². The summed E-state index contributed by atoms with van der Waals surface area (Å²) in [5.41, 5.74) is 0.689. The first-order chi connectivity index (χ1) is 15.9. The van der Waals surface area contributed by atoms with Gasteiger partial charge in [0.25, 0.3) is 5.91 Å². The molecule has 4 rings (SSSR count). The molecule has 0 fully saturated rings. The molecule has 3 N–H and O–H groups in total. The fourth-order valence-corrected chi connectivity index (χ4v) is 4.06. The number of nitrogens with one attached hydrogen (secondary N) is 3. The average molecular weight is 471 g/mol. The summed E-state index contributed by atoms with van der Waals surface area (Å²) >= 11 is 1.39. The molecule has 2 aromatic rings. The van der Waals surface area contributed by atoms with E-state index in [-0.39, 0.29) is 29.9 Å². The molecule has 4 amide bonds. The molecule has 0 saturated carbocycles. The van der Waals surface area contributed by atoms with Crippen LogP contribution in [0.3, 0.4) is 0 Å². The molecule has 2 unspecified atom stereocenters. The van der Waals surface area contributed by atoms with Crippen LogP contribution in [0.2, 0.25) is 0 Å². The molecule has 2 atom stereocenters. The number of amides is 4. The summed E-state index contributed by atoms with van der Waals surface area (Å²) in [6, 6.07) is 11.2. The Labute approximate surface area is 193 Å². The van der Waals surface area contributed by atoms with Gasteiger partial charge >= 0.3 is 12.0 Å². The summed E-state index contributed by atoms with van der Waals surface area (Å²) in [7, 11) is 0. The SMILES string of the molecule is CC1Sc2ccc(C(=O)OCC(=O)NC(=O)NCC3COc4ccccc4O3)cc2NC1=O. The molecule has 0 saturated heterocycles. The first kappa shape index (κ1) is 22.5. The molecule has 2 heterocycles. The molecule has 2 aromatic carbocycles. The van der Waals surface area contributed by atoms with Gasteiger partial charge in [-0.05, 0) is 37.3 Å². The highest BCUT2D eigenvalue weighted by molar-refractivity contribution is 8.00. The van der Waals surface area contributed by atoms with Crippen molar-refractivity contribution in [3.63, 3.8) is 0 Å². The minimum absolute atomic E-state index is 0.116. The van der Waals surface area contributed by atoms with Crippen LogP contribution >= 0.6 is 11.8 Å². The van der Waals surface area contributed by atoms with Crippen LogP contribution in [0.5, 0.6) is 11.5 Å². The number of esters is 1. The highest BCUT2D eigenvalue weighted by Gasteiger charge is 2.24. The Bertz CT molecular complexity index is 1110. The maximum atomic E-state index is 12.2. The van der Waals surface area contributed by atoms with Crippen molar-refractivity contribution in [1.29, 1.82) is 0 Å². The summed E-state index contributed by atoms with van der Waals surface area (Å²) < 4.78 is 16.2. The van der Waals surface area contributed by atoms with Crippen molar-refractivity contribution in [3.8, 4) is 11.5 Å². The van der Waals surface area contributed by atoms with E-state index in [4.69, 9.17) is 14.2 Å². The summed E-state index contributed by atoms with van der Waals surface area (Å²) in [6.07, 6.45) is -0.413. The Morgan fingerprint density at radius 3 is 2.79 bits per heavy atom. The third-order valence-electron chi connectivity index (χ3n) is 4.79. The van der Waals surface area contributed by atoms with Crippen LogP contribution in [-0.4, -0.2) is 54.9 Å². The molecule has 2 aliphatic heterocycles. The van der Waals surface area contributed by atoms with Crippen molar-refractivity contribution < 1.29 is 33.4 Å². The number of thioether (sulfide) groups is 1. The zero-order valence-electron chi connectivity index (χ0n) is 17.6. The number of para-hydroxylation sites is 2. The summed E-state index contributed by atoms with van der Waals surface area (Å²) in [5, 5.41) is 7.10. The van der Waals surface area contributed by atoms with Gasteiger partial charge in [0.15, 0.2) is 24.2 Å². The molecule has 0 bridgehead atoms. The molecular weight excluding hydrogens is 450 g/mol. The molecule has 172 valence electrons. The van der Waals surface area contributed by atoms with Crippen LogP contribution in [-0.2, 0) is 14.3 Å². The van der Waals surface area contributed by atoms with Crippen LogP contribution in [0.25, 0.3) is 0 Å². The van der Waals surface area contributed by atoms with Crippen LogP contribution in [0, 0.1) is 0 Å². The van der Waals surface area contributed by atoms with Gasteiger partial charge in [-0.3, -0.25) is 14.9 Å². The van der Waals surface area contributed by atoms with E-state index in [1.165, 1.54) is 17.8 Å². The second kappa shape index (κ2) is 9.82. The smallest absolute Gasteiger partial charge is 0.338 e. The summed E-state index contributed by atoms with van der Waals surface area (Å²) in [6.45, 7) is 1.51. The number of anilines is 1. The van der Waals surface area contributed by atoms with E-state index in [0.717, 1.165) is 4.90 Å². The van der Waals surface area contributed by atoms with Gasteiger partial charge in [0.1, 0.15) is 6.61 Å². The number of hydrogen-bond acceptors (Lipinski definition) is 8. The van der Waals surface area contributed by atoms with E-state index in [9.17, 15) is 19.2 Å². The van der Waals surface area contributed by atoms with E-state index in [2.05, 4.69) is 16.0 Å². The minimum atomic E-state index is -0.789. The quantitative estimate of drug-likeness (QED) is 0.564. The van der Waals surface area contributed by atoms with Gasteiger partial charge in [-0.2, -0.15) is 0 Å². The molecule has 10 nitrogen and oxygen atoms in total.